The highest BCUT2D eigenvalue weighted by Crippen LogP contribution is 2.26. The molecule has 0 N–H and O–H groups in total. The molecule has 1 aromatic carbocycles. The molecule has 0 radical (unpaired) electrons. The fourth-order valence-electron chi connectivity index (χ4n) is 2.86. The fraction of sp³-hybridized carbons (Fsp3) is 0.562. The Morgan fingerprint density at radius 3 is 2.95 bits per heavy atom. The van der Waals surface area contributed by atoms with Crippen LogP contribution in [0.25, 0.3) is 0 Å². The second kappa shape index (κ2) is 6.56. The Bertz CT molecular complexity index is 456. The molecule has 104 valence electrons. The molecule has 1 aliphatic heterocycles. The second-order valence-electron chi connectivity index (χ2n) is 5.42. The van der Waals surface area contributed by atoms with Gasteiger partial charge < -0.3 is 4.90 Å². The van der Waals surface area contributed by atoms with Gasteiger partial charge in [0.25, 0.3) is 5.91 Å². The molecule has 1 amide bonds. The molecule has 0 saturated carbocycles. The summed E-state index contributed by atoms with van der Waals surface area (Å²) >= 11 is 3.51. The molecule has 1 heterocycles. The summed E-state index contributed by atoms with van der Waals surface area (Å²) in [6.07, 6.45) is 5.81. The monoisotopic (exact) mass is 323 g/mol. The van der Waals surface area contributed by atoms with Crippen LogP contribution in [-0.4, -0.2) is 23.4 Å². The van der Waals surface area contributed by atoms with Crippen molar-refractivity contribution in [3.05, 3.63) is 33.8 Å². The maximum atomic E-state index is 12.8. The summed E-state index contributed by atoms with van der Waals surface area (Å²) in [5.74, 6) is 0.189. The molecule has 0 aromatic heterocycles. The van der Waals surface area contributed by atoms with Crippen molar-refractivity contribution >= 4 is 21.8 Å². The Hall–Kier alpha value is -0.830. The highest BCUT2D eigenvalue weighted by atomic mass is 79.9. The van der Waals surface area contributed by atoms with Crippen LogP contribution in [0.15, 0.2) is 22.7 Å². The fourth-order valence-corrected chi connectivity index (χ4v) is 3.28. The van der Waals surface area contributed by atoms with E-state index in [1.54, 1.807) is 0 Å². The normalized spacial score (nSPS) is 19.5. The summed E-state index contributed by atoms with van der Waals surface area (Å²) in [5.41, 5.74) is 1.94. The van der Waals surface area contributed by atoms with Crippen LogP contribution in [-0.2, 0) is 0 Å². The minimum Gasteiger partial charge on any atom is -0.336 e. The van der Waals surface area contributed by atoms with E-state index in [4.69, 9.17) is 0 Å². The van der Waals surface area contributed by atoms with Gasteiger partial charge in [-0.05, 0) is 60.7 Å². The predicted octanol–water partition coefficient (Wildman–Crippen LogP) is 4.55. The molecule has 2 rings (SSSR count). The third kappa shape index (κ3) is 3.38. The zero-order valence-corrected chi connectivity index (χ0v) is 13.4. The van der Waals surface area contributed by atoms with Gasteiger partial charge in [-0.25, -0.2) is 0 Å². The van der Waals surface area contributed by atoms with Crippen molar-refractivity contribution in [3.8, 4) is 0 Å². The summed E-state index contributed by atoms with van der Waals surface area (Å²) in [4.78, 5) is 14.8. The van der Waals surface area contributed by atoms with Crippen LogP contribution in [0.4, 0.5) is 0 Å². The first kappa shape index (κ1) is 14.6. The molecular formula is C16H22BrNO. The van der Waals surface area contributed by atoms with E-state index in [2.05, 4.69) is 27.8 Å². The smallest absolute Gasteiger partial charge is 0.255 e. The Balaban J connectivity index is 2.23. The molecule has 19 heavy (non-hydrogen) atoms. The van der Waals surface area contributed by atoms with Gasteiger partial charge in [-0.15, -0.1) is 0 Å². The molecule has 0 bridgehead atoms. The second-order valence-corrected chi connectivity index (χ2v) is 6.27. The predicted molar refractivity (Wildman–Crippen MR) is 82.5 cm³/mol. The number of hydrogen-bond acceptors (Lipinski definition) is 1. The maximum absolute atomic E-state index is 12.8. The number of carbonyl (C=O) groups excluding carboxylic acids is 1. The highest BCUT2D eigenvalue weighted by Gasteiger charge is 2.27. The van der Waals surface area contributed by atoms with Gasteiger partial charge in [0.15, 0.2) is 0 Å². The van der Waals surface area contributed by atoms with Gasteiger partial charge in [-0.1, -0.05) is 25.0 Å². The Kier molecular flexibility index (Phi) is 5.03. The minimum atomic E-state index is 0.189. The number of likely N-dealkylation sites (tertiary alicyclic amines) is 1. The van der Waals surface area contributed by atoms with Crippen LogP contribution in [0.5, 0.6) is 0 Å². The van der Waals surface area contributed by atoms with Gasteiger partial charge in [0.2, 0.25) is 0 Å². The molecule has 1 aliphatic rings. The standard InChI is InChI=1S/C16H22BrNO/c1-3-6-13-7-4-5-10-18(13)16(19)14-11-12(2)8-9-15(14)17/h8-9,11,13H,3-7,10H2,1-2H3. The van der Waals surface area contributed by atoms with Crippen molar-refractivity contribution in [3.63, 3.8) is 0 Å². The largest absolute Gasteiger partial charge is 0.336 e. The maximum Gasteiger partial charge on any atom is 0.255 e. The van der Waals surface area contributed by atoms with E-state index in [0.717, 1.165) is 47.8 Å². The number of aryl methyl sites for hydroxylation is 1. The van der Waals surface area contributed by atoms with Gasteiger partial charge in [0.1, 0.15) is 0 Å². The first-order chi connectivity index (χ1) is 9.13. The molecule has 1 unspecified atom stereocenters. The Morgan fingerprint density at radius 1 is 1.42 bits per heavy atom. The number of amides is 1. The van der Waals surface area contributed by atoms with Crippen LogP contribution in [0.3, 0.4) is 0 Å². The Labute approximate surface area is 124 Å². The van der Waals surface area contributed by atoms with Crippen LogP contribution >= 0.6 is 15.9 Å². The van der Waals surface area contributed by atoms with Crippen LogP contribution < -0.4 is 0 Å². The quantitative estimate of drug-likeness (QED) is 0.798. The van der Waals surface area contributed by atoms with E-state index in [1.165, 1.54) is 6.42 Å². The molecule has 1 saturated heterocycles. The van der Waals surface area contributed by atoms with E-state index in [-0.39, 0.29) is 5.91 Å². The number of rotatable bonds is 3. The summed E-state index contributed by atoms with van der Waals surface area (Å²) in [7, 11) is 0. The highest BCUT2D eigenvalue weighted by molar-refractivity contribution is 9.10. The number of piperidine rings is 1. The zero-order valence-electron chi connectivity index (χ0n) is 11.8. The van der Waals surface area contributed by atoms with Crippen molar-refractivity contribution in [2.75, 3.05) is 6.54 Å². The zero-order chi connectivity index (χ0) is 13.8. The van der Waals surface area contributed by atoms with E-state index < -0.39 is 0 Å². The van der Waals surface area contributed by atoms with Gasteiger partial charge in [0.05, 0.1) is 5.56 Å². The first-order valence-corrected chi connectivity index (χ1v) is 8.00. The van der Waals surface area contributed by atoms with Gasteiger partial charge >= 0.3 is 0 Å². The lowest BCUT2D eigenvalue weighted by Gasteiger charge is -2.36. The van der Waals surface area contributed by atoms with Crippen LogP contribution in [0.1, 0.15) is 54.9 Å². The minimum absolute atomic E-state index is 0.189. The van der Waals surface area contributed by atoms with E-state index >= 15 is 0 Å². The molecule has 1 aromatic rings. The average Bonchev–Trinajstić information content (AvgIpc) is 2.42. The number of halogens is 1. The summed E-state index contributed by atoms with van der Waals surface area (Å²) in [6, 6.07) is 6.42. The van der Waals surface area contributed by atoms with Crippen molar-refractivity contribution in [2.24, 2.45) is 0 Å². The molecule has 0 aliphatic carbocycles. The van der Waals surface area contributed by atoms with E-state index in [0.29, 0.717) is 6.04 Å². The molecule has 3 heteroatoms. The molecule has 2 nitrogen and oxygen atoms in total. The number of benzene rings is 1. The topological polar surface area (TPSA) is 20.3 Å². The van der Waals surface area contributed by atoms with Gasteiger partial charge in [-0.3, -0.25) is 4.79 Å². The SMILES string of the molecule is CCCC1CCCCN1C(=O)c1cc(C)ccc1Br. The lowest BCUT2D eigenvalue weighted by molar-refractivity contribution is 0.0599. The van der Waals surface area contributed by atoms with Crippen LogP contribution in [0.2, 0.25) is 0 Å². The average molecular weight is 324 g/mol. The summed E-state index contributed by atoms with van der Waals surface area (Å²) in [6.45, 7) is 5.13. The van der Waals surface area contributed by atoms with Gasteiger partial charge in [0, 0.05) is 17.1 Å². The molecule has 0 spiro atoms. The van der Waals surface area contributed by atoms with Crippen molar-refractivity contribution in [1.82, 2.24) is 4.90 Å². The lowest BCUT2D eigenvalue weighted by atomic mass is 9.97. The first-order valence-electron chi connectivity index (χ1n) is 7.20. The van der Waals surface area contributed by atoms with Crippen molar-refractivity contribution in [1.29, 1.82) is 0 Å². The van der Waals surface area contributed by atoms with Crippen molar-refractivity contribution < 1.29 is 4.79 Å². The third-order valence-corrected chi connectivity index (χ3v) is 4.55. The van der Waals surface area contributed by atoms with E-state index in [9.17, 15) is 4.79 Å². The third-order valence-electron chi connectivity index (χ3n) is 3.86. The molecule has 1 atom stereocenters. The Morgan fingerprint density at radius 2 is 2.21 bits per heavy atom. The van der Waals surface area contributed by atoms with Crippen molar-refractivity contribution in [2.45, 2.75) is 52.0 Å². The van der Waals surface area contributed by atoms with Crippen LogP contribution in [0, 0.1) is 6.92 Å². The van der Waals surface area contributed by atoms with Gasteiger partial charge in [-0.2, -0.15) is 0 Å². The molecule has 1 fully saturated rings. The number of hydrogen-bond donors (Lipinski definition) is 0. The summed E-state index contributed by atoms with van der Waals surface area (Å²) < 4.78 is 0.906. The number of carbonyl (C=O) groups is 1. The molecular weight excluding hydrogens is 302 g/mol. The van der Waals surface area contributed by atoms with E-state index in [1.807, 2.05) is 25.1 Å². The lowest BCUT2D eigenvalue weighted by Crippen LogP contribution is -2.43. The number of nitrogens with zero attached hydrogens (tertiary/aromatic N) is 1. The summed E-state index contributed by atoms with van der Waals surface area (Å²) in [5, 5.41) is 0.